The summed E-state index contributed by atoms with van der Waals surface area (Å²) in [6, 6.07) is 14.4. The zero-order valence-electron chi connectivity index (χ0n) is 12.5. The molecule has 0 saturated carbocycles. The van der Waals surface area contributed by atoms with Crippen LogP contribution in [-0.2, 0) is 16.9 Å². The number of methoxy groups -OCH3 is 2. The lowest BCUT2D eigenvalue weighted by Gasteiger charge is -2.49. The van der Waals surface area contributed by atoms with Crippen LogP contribution in [0.5, 0.6) is 5.88 Å². The molecule has 3 rings (SSSR count). The average Bonchev–Trinajstić information content (AvgIpc) is 2.52. The Morgan fingerprint density at radius 2 is 1.86 bits per heavy atom. The lowest BCUT2D eigenvalue weighted by atomic mass is 9.85. The predicted molar refractivity (Wildman–Crippen MR) is 81.2 cm³/mol. The van der Waals surface area contributed by atoms with E-state index in [1.165, 1.54) is 11.1 Å². The van der Waals surface area contributed by atoms with E-state index in [9.17, 15) is 0 Å². The molecule has 0 radical (unpaired) electrons. The minimum atomic E-state index is -0.166. The van der Waals surface area contributed by atoms with Gasteiger partial charge in [-0.1, -0.05) is 36.4 Å². The first-order valence-corrected chi connectivity index (χ1v) is 7.08. The molecule has 1 saturated heterocycles. The highest BCUT2D eigenvalue weighted by atomic mass is 16.5. The average molecular weight is 284 g/mol. The number of nitrogens with zero attached hydrogens (tertiary/aromatic N) is 2. The smallest absolute Gasteiger partial charge is 0.212 e. The lowest BCUT2D eigenvalue weighted by molar-refractivity contribution is -0.134. The minimum absolute atomic E-state index is 0.166. The molecule has 2 heterocycles. The van der Waals surface area contributed by atoms with Crippen LogP contribution in [0, 0.1) is 0 Å². The Morgan fingerprint density at radius 1 is 1.10 bits per heavy atom. The second-order valence-corrected chi connectivity index (χ2v) is 5.42. The van der Waals surface area contributed by atoms with Crippen LogP contribution in [0.1, 0.15) is 11.1 Å². The molecule has 0 unspecified atom stereocenters. The van der Waals surface area contributed by atoms with Crippen LogP contribution in [-0.4, -0.2) is 37.2 Å². The second kappa shape index (κ2) is 5.84. The first-order valence-electron chi connectivity index (χ1n) is 7.08. The summed E-state index contributed by atoms with van der Waals surface area (Å²) in [7, 11) is 3.42. The standard InChI is InChI=1S/C17H20N2O2/c1-20-16-9-8-14(10-18-16)11-19-12-17(13-19,21-2)15-6-4-3-5-7-15/h3-10H,11-13H2,1-2H3. The number of rotatable bonds is 5. The van der Waals surface area contributed by atoms with Crippen LogP contribution in [0.25, 0.3) is 0 Å². The van der Waals surface area contributed by atoms with Crippen LogP contribution < -0.4 is 4.74 Å². The van der Waals surface area contributed by atoms with E-state index in [4.69, 9.17) is 9.47 Å². The Labute approximate surface area is 125 Å². The Bertz CT molecular complexity index is 577. The van der Waals surface area contributed by atoms with Crippen molar-refractivity contribution in [3.8, 4) is 5.88 Å². The fourth-order valence-electron chi connectivity index (χ4n) is 2.84. The van der Waals surface area contributed by atoms with Crippen molar-refractivity contribution in [1.29, 1.82) is 0 Å². The van der Waals surface area contributed by atoms with Crippen molar-refractivity contribution in [1.82, 2.24) is 9.88 Å². The number of hydrogen-bond donors (Lipinski definition) is 0. The molecule has 0 bridgehead atoms. The van der Waals surface area contributed by atoms with Gasteiger partial charge in [-0.25, -0.2) is 4.98 Å². The fraction of sp³-hybridized carbons (Fsp3) is 0.353. The van der Waals surface area contributed by atoms with E-state index in [2.05, 4.69) is 40.2 Å². The summed E-state index contributed by atoms with van der Waals surface area (Å²) in [5.74, 6) is 0.651. The third kappa shape index (κ3) is 2.77. The highest BCUT2D eigenvalue weighted by Gasteiger charge is 2.44. The highest BCUT2D eigenvalue weighted by molar-refractivity contribution is 5.27. The Morgan fingerprint density at radius 3 is 2.43 bits per heavy atom. The number of aromatic nitrogens is 1. The molecule has 1 aliphatic heterocycles. The van der Waals surface area contributed by atoms with E-state index in [1.807, 2.05) is 18.3 Å². The van der Waals surface area contributed by atoms with Crippen molar-refractivity contribution < 1.29 is 9.47 Å². The molecule has 1 aliphatic rings. The van der Waals surface area contributed by atoms with E-state index in [0.717, 1.165) is 19.6 Å². The Kier molecular flexibility index (Phi) is 3.90. The summed E-state index contributed by atoms with van der Waals surface area (Å²) in [5, 5.41) is 0. The van der Waals surface area contributed by atoms with Gasteiger partial charge in [0, 0.05) is 39.0 Å². The molecule has 0 atom stereocenters. The third-order valence-electron chi connectivity index (χ3n) is 4.06. The lowest BCUT2D eigenvalue weighted by Crippen LogP contribution is -2.59. The number of likely N-dealkylation sites (tertiary alicyclic amines) is 1. The second-order valence-electron chi connectivity index (χ2n) is 5.42. The van der Waals surface area contributed by atoms with Gasteiger partial charge in [0.2, 0.25) is 5.88 Å². The van der Waals surface area contributed by atoms with Gasteiger partial charge in [-0.15, -0.1) is 0 Å². The molecule has 1 fully saturated rings. The van der Waals surface area contributed by atoms with Gasteiger partial charge in [-0.05, 0) is 11.1 Å². The molecule has 21 heavy (non-hydrogen) atoms. The van der Waals surface area contributed by atoms with Gasteiger partial charge in [-0.3, -0.25) is 4.90 Å². The third-order valence-corrected chi connectivity index (χ3v) is 4.06. The van der Waals surface area contributed by atoms with Gasteiger partial charge < -0.3 is 9.47 Å². The molecule has 4 heteroatoms. The predicted octanol–water partition coefficient (Wildman–Crippen LogP) is 2.45. The normalized spacial score (nSPS) is 17.2. The zero-order chi connectivity index (χ0) is 14.7. The van der Waals surface area contributed by atoms with Gasteiger partial charge in [-0.2, -0.15) is 0 Å². The zero-order valence-corrected chi connectivity index (χ0v) is 12.5. The molecule has 0 N–H and O–H groups in total. The highest BCUT2D eigenvalue weighted by Crippen LogP contribution is 2.35. The largest absolute Gasteiger partial charge is 0.481 e. The van der Waals surface area contributed by atoms with Gasteiger partial charge in [0.05, 0.1) is 7.11 Å². The van der Waals surface area contributed by atoms with Gasteiger partial charge in [0.25, 0.3) is 0 Å². The first kappa shape index (κ1) is 14.0. The van der Waals surface area contributed by atoms with Crippen molar-refractivity contribution in [2.24, 2.45) is 0 Å². The number of hydrogen-bond acceptors (Lipinski definition) is 4. The maximum absolute atomic E-state index is 5.79. The topological polar surface area (TPSA) is 34.6 Å². The summed E-state index contributed by atoms with van der Waals surface area (Å²) < 4.78 is 10.9. The van der Waals surface area contributed by atoms with Crippen molar-refractivity contribution in [2.75, 3.05) is 27.3 Å². The van der Waals surface area contributed by atoms with E-state index < -0.39 is 0 Å². The van der Waals surface area contributed by atoms with Gasteiger partial charge in [0.15, 0.2) is 0 Å². The van der Waals surface area contributed by atoms with Crippen LogP contribution >= 0.6 is 0 Å². The summed E-state index contributed by atoms with van der Waals surface area (Å²) >= 11 is 0. The molecule has 0 spiro atoms. The maximum Gasteiger partial charge on any atom is 0.212 e. The first-order chi connectivity index (χ1) is 10.3. The summed E-state index contributed by atoms with van der Waals surface area (Å²) in [6.45, 7) is 2.69. The summed E-state index contributed by atoms with van der Waals surface area (Å²) in [4.78, 5) is 6.60. The number of benzene rings is 1. The molecule has 0 aliphatic carbocycles. The van der Waals surface area contributed by atoms with E-state index in [1.54, 1.807) is 14.2 Å². The van der Waals surface area contributed by atoms with Crippen molar-refractivity contribution in [3.05, 3.63) is 59.8 Å². The van der Waals surface area contributed by atoms with Crippen molar-refractivity contribution in [2.45, 2.75) is 12.1 Å². The SMILES string of the molecule is COc1ccc(CN2CC(OC)(c3ccccc3)C2)cn1. The number of ether oxygens (including phenoxy) is 2. The van der Waals surface area contributed by atoms with Crippen LogP contribution in [0.4, 0.5) is 0 Å². The van der Waals surface area contributed by atoms with Crippen LogP contribution in [0.3, 0.4) is 0 Å². The molecule has 4 nitrogen and oxygen atoms in total. The molecule has 110 valence electrons. The molecule has 1 aromatic carbocycles. The molecule has 0 amide bonds. The van der Waals surface area contributed by atoms with Crippen molar-refractivity contribution >= 4 is 0 Å². The van der Waals surface area contributed by atoms with E-state index in [0.29, 0.717) is 5.88 Å². The summed E-state index contributed by atoms with van der Waals surface area (Å²) in [5.41, 5.74) is 2.27. The molecule has 1 aromatic heterocycles. The van der Waals surface area contributed by atoms with E-state index in [-0.39, 0.29) is 5.60 Å². The quantitative estimate of drug-likeness (QED) is 0.844. The molecule has 2 aromatic rings. The summed E-state index contributed by atoms with van der Waals surface area (Å²) in [6.07, 6.45) is 1.87. The maximum atomic E-state index is 5.79. The number of pyridine rings is 1. The fourth-order valence-corrected chi connectivity index (χ4v) is 2.84. The van der Waals surface area contributed by atoms with Gasteiger partial charge in [0.1, 0.15) is 5.60 Å². The van der Waals surface area contributed by atoms with Gasteiger partial charge >= 0.3 is 0 Å². The van der Waals surface area contributed by atoms with Crippen molar-refractivity contribution in [3.63, 3.8) is 0 Å². The van der Waals surface area contributed by atoms with Crippen LogP contribution in [0.15, 0.2) is 48.7 Å². The minimum Gasteiger partial charge on any atom is -0.481 e. The van der Waals surface area contributed by atoms with E-state index >= 15 is 0 Å². The Hall–Kier alpha value is -1.91. The monoisotopic (exact) mass is 284 g/mol. The molecular weight excluding hydrogens is 264 g/mol. The van der Waals surface area contributed by atoms with Crippen LogP contribution in [0.2, 0.25) is 0 Å². The molecular formula is C17H20N2O2. The Balaban J connectivity index is 1.63.